The number of nitrogens with one attached hydrogen (secondary N) is 1. The van der Waals surface area contributed by atoms with Gasteiger partial charge in [0.1, 0.15) is 0 Å². The van der Waals surface area contributed by atoms with Crippen LogP contribution in [-0.2, 0) is 16.1 Å². The molecule has 0 saturated carbocycles. The maximum Gasteiger partial charge on any atom is 0.217 e. The molecular weight excluding hydrogens is 292 g/mol. The van der Waals surface area contributed by atoms with E-state index < -0.39 is 6.10 Å². The normalized spacial score (nSPS) is 12.3. The molecule has 4 N–H and O–H groups in total. The molecule has 0 fully saturated rings. The first kappa shape index (κ1) is 17.9. The fourth-order valence-corrected chi connectivity index (χ4v) is 1.99. The van der Waals surface area contributed by atoms with Gasteiger partial charge >= 0.3 is 0 Å². The number of benzene rings is 1. The summed E-state index contributed by atoms with van der Waals surface area (Å²) in [5, 5.41) is 13.5. The van der Waals surface area contributed by atoms with E-state index in [1.54, 1.807) is 0 Å². The van der Waals surface area contributed by atoms with E-state index in [0.29, 0.717) is 24.6 Å². The molecule has 0 aliphatic rings. The van der Waals surface area contributed by atoms with Crippen molar-refractivity contribution in [3.63, 3.8) is 0 Å². The molecule has 0 radical (unpaired) electrons. The van der Waals surface area contributed by atoms with Crippen LogP contribution in [0.2, 0.25) is 5.02 Å². The molecule has 6 heteroatoms. The van der Waals surface area contributed by atoms with Gasteiger partial charge in [-0.25, -0.2) is 0 Å². The van der Waals surface area contributed by atoms with E-state index in [4.69, 9.17) is 22.1 Å². The number of hydrogen-bond donors (Lipinski definition) is 3. The second-order valence-corrected chi connectivity index (χ2v) is 5.30. The number of ether oxygens (including phenoxy) is 1. The van der Waals surface area contributed by atoms with E-state index in [9.17, 15) is 9.90 Å². The number of carbonyl (C=O) groups is 1. The molecule has 0 aliphatic carbocycles. The monoisotopic (exact) mass is 314 g/mol. The number of nitrogens with two attached hydrogens (primary N) is 1. The number of carbonyl (C=O) groups excluding carboxylic acids is 1. The van der Waals surface area contributed by atoms with Crippen LogP contribution in [0.25, 0.3) is 0 Å². The maximum atomic E-state index is 10.5. The third-order valence-electron chi connectivity index (χ3n) is 2.93. The SMILES string of the molecule is NC(=O)CCCCNCC(O)COCc1ccccc1Cl. The van der Waals surface area contributed by atoms with Gasteiger partial charge in [-0.05, 0) is 31.0 Å². The Balaban J connectivity index is 2.02. The highest BCUT2D eigenvalue weighted by molar-refractivity contribution is 6.31. The summed E-state index contributed by atoms with van der Waals surface area (Å²) < 4.78 is 5.44. The minimum absolute atomic E-state index is 0.250. The minimum atomic E-state index is -0.566. The number of halogens is 1. The largest absolute Gasteiger partial charge is 0.389 e. The zero-order chi connectivity index (χ0) is 15.5. The van der Waals surface area contributed by atoms with Gasteiger partial charge in [0.05, 0.1) is 19.3 Å². The van der Waals surface area contributed by atoms with Gasteiger partial charge in [0.15, 0.2) is 0 Å². The average Bonchev–Trinajstić information content (AvgIpc) is 2.44. The highest BCUT2D eigenvalue weighted by Gasteiger charge is 2.05. The van der Waals surface area contributed by atoms with Crippen LogP contribution in [0.5, 0.6) is 0 Å². The molecular formula is C15H23ClN2O3. The lowest BCUT2D eigenvalue weighted by molar-refractivity contribution is -0.118. The zero-order valence-corrected chi connectivity index (χ0v) is 12.8. The van der Waals surface area contributed by atoms with Gasteiger partial charge in [-0.2, -0.15) is 0 Å². The number of unbranched alkanes of at least 4 members (excludes halogenated alkanes) is 1. The third-order valence-corrected chi connectivity index (χ3v) is 3.30. The van der Waals surface area contributed by atoms with Crippen LogP contribution in [0.3, 0.4) is 0 Å². The number of rotatable bonds is 11. The molecule has 1 rings (SSSR count). The first-order chi connectivity index (χ1) is 10.1. The summed E-state index contributed by atoms with van der Waals surface area (Å²) in [5.41, 5.74) is 5.95. The molecule has 1 amide bonds. The average molecular weight is 315 g/mol. The summed E-state index contributed by atoms with van der Waals surface area (Å²) in [5.74, 6) is -0.275. The van der Waals surface area contributed by atoms with Crippen LogP contribution in [0.15, 0.2) is 24.3 Å². The van der Waals surface area contributed by atoms with Crippen molar-refractivity contribution in [2.75, 3.05) is 19.7 Å². The predicted molar refractivity (Wildman–Crippen MR) is 83.0 cm³/mol. The van der Waals surface area contributed by atoms with Crippen molar-refractivity contribution in [3.05, 3.63) is 34.9 Å². The molecule has 0 spiro atoms. The number of aliphatic hydroxyl groups excluding tert-OH is 1. The molecule has 5 nitrogen and oxygen atoms in total. The molecule has 0 bridgehead atoms. The van der Waals surface area contributed by atoms with Gasteiger partial charge in [0.25, 0.3) is 0 Å². The molecule has 1 unspecified atom stereocenters. The molecule has 1 aromatic rings. The lowest BCUT2D eigenvalue weighted by Gasteiger charge is -2.12. The highest BCUT2D eigenvalue weighted by atomic mass is 35.5. The highest BCUT2D eigenvalue weighted by Crippen LogP contribution is 2.15. The van der Waals surface area contributed by atoms with Gasteiger partial charge < -0.3 is 20.9 Å². The Morgan fingerprint density at radius 1 is 1.38 bits per heavy atom. The Kier molecular flexibility index (Phi) is 9.01. The summed E-state index contributed by atoms with van der Waals surface area (Å²) in [6, 6.07) is 7.47. The first-order valence-electron chi connectivity index (χ1n) is 7.08. The van der Waals surface area contributed by atoms with Crippen molar-refractivity contribution in [1.29, 1.82) is 0 Å². The van der Waals surface area contributed by atoms with Crippen molar-refractivity contribution < 1.29 is 14.6 Å². The van der Waals surface area contributed by atoms with E-state index >= 15 is 0 Å². The van der Waals surface area contributed by atoms with Crippen LogP contribution in [0.4, 0.5) is 0 Å². The zero-order valence-electron chi connectivity index (χ0n) is 12.1. The Labute approximate surface area is 130 Å². The minimum Gasteiger partial charge on any atom is -0.389 e. The van der Waals surface area contributed by atoms with Gasteiger partial charge in [-0.15, -0.1) is 0 Å². The van der Waals surface area contributed by atoms with Crippen LogP contribution in [0.1, 0.15) is 24.8 Å². The van der Waals surface area contributed by atoms with Crippen LogP contribution in [-0.4, -0.2) is 36.8 Å². The van der Waals surface area contributed by atoms with Crippen molar-refractivity contribution >= 4 is 17.5 Å². The fourth-order valence-electron chi connectivity index (χ4n) is 1.80. The van der Waals surface area contributed by atoms with E-state index in [1.807, 2.05) is 24.3 Å². The maximum absolute atomic E-state index is 10.5. The molecule has 1 aromatic carbocycles. The van der Waals surface area contributed by atoms with Crippen molar-refractivity contribution in [2.45, 2.75) is 32.0 Å². The van der Waals surface area contributed by atoms with E-state index in [2.05, 4.69) is 5.32 Å². The number of amides is 1. The summed E-state index contributed by atoms with van der Waals surface area (Å²) >= 11 is 6.01. The lowest BCUT2D eigenvalue weighted by atomic mass is 10.2. The van der Waals surface area contributed by atoms with Crippen LogP contribution >= 0.6 is 11.6 Å². The van der Waals surface area contributed by atoms with Gasteiger partial charge in [-0.3, -0.25) is 4.79 Å². The summed E-state index contributed by atoms with van der Waals surface area (Å²) in [6.07, 6.45) is 1.46. The van der Waals surface area contributed by atoms with E-state index in [-0.39, 0.29) is 12.5 Å². The van der Waals surface area contributed by atoms with Crippen molar-refractivity contribution in [3.8, 4) is 0 Å². The summed E-state index contributed by atoms with van der Waals surface area (Å²) in [6.45, 7) is 1.84. The van der Waals surface area contributed by atoms with Crippen molar-refractivity contribution in [2.24, 2.45) is 5.73 Å². The molecule has 0 aliphatic heterocycles. The molecule has 21 heavy (non-hydrogen) atoms. The molecule has 0 heterocycles. The predicted octanol–water partition coefficient (Wildman–Crippen LogP) is 1.46. The Hall–Kier alpha value is -1.14. The number of primary amides is 1. The third kappa shape index (κ3) is 8.67. The Morgan fingerprint density at radius 2 is 2.14 bits per heavy atom. The van der Waals surface area contributed by atoms with E-state index in [0.717, 1.165) is 24.9 Å². The van der Waals surface area contributed by atoms with Gasteiger partial charge in [0, 0.05) is 18.0 Å². The quantitative estimate of drug-likeness (QED) is 0.540. The molecule has 0 aromatic heterocycles. The van der Waals surface area contributed by atoms with Crippen LogP contribution < -0.4 is 11.1 Å². The van der Waals surface area contributed by atoms with E-state index in [1.165, 1.54) is 0 Å². The smallest absolute Gasteiger partial charge is 0.217 e. The fraction of sp³-hybridized carbons (Fsp3) is 0.533. The van der Waals surface area contributed by atoms with Gasteiger partial charge in [0.2, 0.25) is 5.91 Å². The van der Waals surface area contributed by atoms with Crippen LogP contribution in [0, 0.1) is 0 Å². The molecule has 1 atom stereocenters. The van der Waals surface area contributed by atoms with Crippen molar-refractivity contribution in [1.82, 2.24) is 5.32 Å². The number of hydrogen-bond acceptors (Lipinski definition) is 4. The van der Waals surface area contributed by atoms with Gasteiger partial charge in [-0.1, -0.05) is 29.8 Å². The summed E-state index contributed by atoms with van der Waals surface area (Å²) in [4.78, 5) is 10.5. The Morgan fingerprint density at radius 3 is 2.86 bits per heavy atom. The lowest BCUT2D eigenvalue weighted by Crippen LogP contribution is -2.31. The second-order valence-electron chi connectivity index (χ2n) is 4.89. The molecule has 118 valence electrons. The standard InChI is InChI=1S/C15H23ClN2O3/c16-14-6-2-1-5-12(14)10-21-11-13(19)9-18-8-4-3-7-15(17)20/h1-2,5-6,13,18-19H,3-4,7-11H2,(H2,17,20). The summed E-state index contributed by atoms with van der Waals surface area (Å²) in [7, 11) is 0. The topological polar surface area (TPSA) is 84.6 Å². The second kappa shape index (κ2) is 10.6. The molecule has 0 saturated heterocycles. The first-order valence-corrected chi connectivity index (χ1v) is 7.45. The Bertz CT molecular complexity index is 429. The number of aliphatic hydroxyl groups is 1.